The van der Waals surface area contributed by atoms with E-state index >= 15 is 0 Å². The summed E-state index contributed by atoms with van der Waals surface area (Å²) in [7, 11) is 0. The minimum atomic E-state index is 0.403. The van der Waals surface area contributed by atoms with Crippen molar-refractivity contribution in [1.29, 1.82) is 0 Å². The summed E-state index contributed by atoms with van der Waals surface area (Å²) in [6.45, 7) is 9.03. The molecule has 1 nitrogen and oxygen atoms in total. The first-order valence-corrected chi connectivity index (χ1v) is 4.17. The number of fused-ring (bicyclic) bond motifs is 1. The molecule has 1 heteroatoms. The van der Waals surface area contributed by atoms with E-state index in [1.165, 1.54) is 37.9 Å². The summed E-state index contributed by atoms with van der Waals surface area (Å²) < 4.78 is 0. The summed E-state index contributed by atoms with van der Waals surface area (Å²) in [5, 5.41) is 0. The van der Waals surface area contributed by atoms with Crippen LogP contribution in [0.4, 0.5) is 0 Å². The lowest BCUT2D eigenvalue weighted by molar-refractivity contribution is 0.245. The predicted octanol–water partition coefficient (Wildman–Crippen LogP) is 1.80. The Kier molecular flexibility index (Phi) is 1.19. The molecule has 0 amide bonds. The molecule has 2 saturated heterocycles. The maximum absolute atomic E-state index is 4.13. The lowest BCUT2D eigenvalue weighted by atomic mass is 9.92. The molecule has 10 heavy (non-hydrogen) atoms. The van der Waals surface area contributed by atoms with Gasteiger partial charge in [-0.25, -0.2) is 0 Å². The van der Waals surface area contributed by atoms with Crippen LogP contribution in [0.15, 0.2) is 12.2 Å². The van der Waals surface area contributed by atoms with Crippen molar-refractivity contribution in [3.05, 3.63) is 12.2 Å². The van der Waals surface area contributed by atoms with Crippen molar-refractivity contribution in [2.45, 2.75) is 31.7 Å². The summed E-state index contributed by atoms with van der Waals surface area (Å²) in [4.78, 5) is 2.58. The van der Waals surface area contributed by atoms with E-state index in [0.29, 0.717) is 5.54 Å². The van der Waals surface area contributed by atoms with Crippen LogP contribution in [-0.2, 0) is 0 Å². The second-order valence-electron chi connectivity index (χ2n) is 3.72. The topological polar surface area (TPSA) is 3.24 Å². The monoisotopic (exact) mass is 137 g/mol. The highest BCUT2D eigenvalue weighted by Gasteiger charge is 2.42. The average molecular weight is 137 g/mol. The first kappa shape index (κ1) is 6.41. The highest BCUT2D eigenvalue weighted by Crippen LogP contribution is 2.41. The summed E-state index contributed by atoms with van der Waals surface area (Å²) >= 11 is 0. The third-order valence-electron chi connectivity index (χ3n) is 3.23. The third kappa shape index (κ3) is 0.615. The molecular formula is C9H15N. The molecule has 0 aromatic rings. The Balaban J connectivity index is 2.30. The average Bonchev–Trinajstić information content (AvgIpc) is 2.36. The van der Waals surface area contributed by atoms with Crippen molar-refractivity contribution in [1.82, 2.24) is 4.90 Å². The molecule has 2 aliphatic heterocycles. The normalized spacial score (nSPS) is 40.7. The van der Waals surface area contributed by atoms with E-state index in [1.54, 1.807) is 0 Å². The van der Waals surface area contributed by atoms with Gasteiger partial charge in [0.05, 0.1) is 0 Å². The third-order valence-corrected chi connectivity index (χ3v) is 3.23. The molecular weight excluding hydrogens is 122 g/mol. The quantitative estimate of drug-likeness (QED) is 0.460. The van der Waals surface area contributed by atoms with Crippen LogP contribution in [0.2, 0.25) is 0 Å². The van der Waals surface area contributed by atoms with E-state index in [9.17, 15) is 0 Å². The molecule has 0 aromatic carbocycles. The lowest BCUT2D eigenvalue weighted by Crippen LogP contribution is -2.35. The van der Waals surface area contributed by atoms with E-state index in [-0.39, 0.29) is 0 Å². The molecule has 0 spiro atoms. The Morgan fingerprint density at radius 3 is 3.00 bits per heavy atom. The molecule has 0 aromatic heterocycles. The van der Waals surface area contributed by atoms with Gasteiger partial charge >= 0.3 is 0 Å². The Hall–Kier alpha value is -0.300. The summed E-state index contributed by atoms with van der Waals surface area (Å²) in [5.74, 6) is 0. The predicted molar refractivity (Wildman–Crippen MR) is 43.0 cm³/mol. The molecule has 0 aliphatic carbocycles. The zero-order chi connectivity index (χ0) is 7.19. The van der Waals surface area contributed by atoms with Crippen LogP contribution in [0.3, 0.4) is 0 Å². The van der Waals surface area contributed by atoms with Gasteiger partial charge in [0.15, 0.2) is 0 Å². The van der Waals surface area contributed by atoms with Crippen LogP contribution in [-0.4, -0.2) is 23.5 Å². The molecule has 0 bridgehead atoms. The SMILES string of the molecule is C=C1CCN2CCC[C@]12C. The molecule has 0 radical (unpaired) electrons. The van der Waals surface area contributed by atoms with Crippen molar-refractivity contribution < 1.29 is 0 Å². The van der Waals surface area contributed by atoms with Gasteiger partial charge < -0.3 is 0 Å². The number of hydrogen-bond acceptors (Lipinski definition) is 1. The Morgan fingerprint density at radius 1 is 1.50 bits per heavy atom. The molecule has 56 valence electrons. The Morgan fingerprint density at radius 2 is 2.30 bits per heavy atom. The van der Waals surface area contributed by atoms with Gasteiger partial charge in [-0.3, -0.25) is 4.90 Å². The van der Waals surface area contributed by atoms with Crippen LogP contribution in [0.5, 0.6) is 0 Å². The summed E-state index contributed by atoms with van der Waals surface area (Å²) in [5.41, 5.74) is 1.87. The first-order chi connectivity index (χ1) is 4.73. The van der Waals surface area contributed by atoms with E-state index in [4.69, 9.17) is 0 Å². The Bertz CT molecular complexity index is 174. The van der Waals surface area contributed by atoms with E-state index < -0.39 is 0 Å². The molecule has 0 unspecified atom stereocenters. The zero-order valence-electron chi connectivity index (χ0n) is 6.69. The smallest absolute Gasteiger partial charge is 0.0390 e. The van der Waals surface area contributed by atoms with Crippen LogP contribution in [0.1, 0.15) is 26.2 Å². The fourth-order valence-corrected chi connectivity index (χ4v) is 2.32. The second-order valence-corrected chi connectivity index (χ2v) is 3.72. The van der Waals surface area contributed by atoms with Gasteiger partial charge in [0.25, 0.3) is 0 Å². The highest BCUT2D eigenvalue weighted by molar-refractivity contribution is 5.22. The summed E-state index contributed by atoms with van der Waals surface area (Å²) in [6, 6.07) is 0. The molecule has 2 rings (SSSR count). The fourth-order valence-electron chi connectivity index (χ4n) is 2.32. The van der Waals surface area contributed by atoms with Gasteiger partial charge in [-0.2, -0.15) is 0 Å². The van der Waals surface area contributed by atoms with Crippen LogP contribution in [0, 0.1) is 0 Å². The molecule has 0 saturated carbocycles. The molecule has 1 atom stereocenters. The maximum atomic E-state index is 4.13. The standard InChI is InChI=1S/C9H15N/c1-8-4-7-10-6-3-5-9(8,10)2/h1,3-7H2,2H3/t9-/m1/s1. The second kappa shape index (κ2) is 1.85. The molecule has 2 aliphatic rings. The van der Waals surface area contributed by atoms with Crippen molar-refractivity contribution in [2.24, 2.45) is 0 Å². The Labute approximate surface area is 62.7 Å². The highest BCUT2D eigenvalue weighted by atomic mass is 15.2. The largest absolute Gasteiger partial charge is 0.294 e. The van der Waals surface area contributed by atoms with Gasteiger partial charge in [0.1, 0.15) is 0 Å². The van der Waals surface area contributed by atoms with Crippen molar-refractivity contribution in [2.75, 3.05) is 13.1 Å². The van der Waals surface area contributed by atoms with Gasteiger partial charge in [0.2, 0.25) is 0 Å². The van der Waals surface area contributed by atoms with E-state index in [0.717, 1.165) is 0 Å². The first-order valence-electron chi connectivity index (χ1n) is 4.17. The van der Waals surface area contributed by atoms with Crippen LogP contribution < -0.4 is 0 Å². The van der Waals surface area contributed by atoms with Crippen molar-refractivity contribution in [3.8, 4) is 0 Å². The number of rotatable bonds is 0. The zero-order valence-corrected chi connectivity index (χ0v) is 6.69. The maximum Gasteiger partial charge on any atom is 0.0390 e. The van der Waals surface area contributed by atoms with E-state index in [2.05, 4.69) is 18.4 Å². The van der Waals surface area contributed by atoms with E-state index in [1.807, 2.05) is 0 Å². The minimum Gasteiger partial charge on any atom is -0.294 e. The summed E-state index contributed by atoms with van der Waals surface area (Å²) in [6.07, 6.45) is 3.94. The van der Waals surface area contributed by atoms with Crippen LogP contribution in [0.25, 0.3) is 0 Å². The van der Waals surface area contributed by atoms with Gasteiger partial charge in [-0.1, -0.05) is 12.2 Å². The number of nitrogens with zero attached hydrogens (tertiary/aromatic N) is 1. The van der Waals surface area contributed by atoms with Crippen molar-refractivity contribution >= 4 is 0 Å². The van der Waals surface area contributed by atoms with Gasteiger partial charge in [-0.15, -0.1) is 0 Å². The molecule has 2 fully saturated rings. The number of hydrogen-bond donors (Lipinski definition) is 0. The molecule has 2 heterocycles. The van der Waals surface area contributed by atoms with Gasteiger partial charge in [-0.05, 0) is 32.7 Å². The van der Waals surface area contributed by atoms with Crippen LogP contribution >= 0.6 is 0 Å². The van der Waals surface area contributed by atoms with Crippen molar-refractivity contribution in [3.63, 3.8) is 0 Å². The molecule has 0 N–H and O–H groups in total. The fraction of sp³-hybridized carbons (Fsp3) is 0.778. The lowest BCUT2D eigenvalue weighted by Gasteiger charge is -2.27. The minimum absolute atomic E-state index is 0.403. The van der Waals surface area contributed by atoms with Gasteiger partial charge in [0, 0.05) is 12.1 Å².